The van der Waals surface area contributed by atoms with E-state index in [2.05, 4.69) is 41.3 Å². The van der Waals surface area contributed by atoms with Gasteiger partial charge in [0.05, 0.1) is 0 Å². The van der Waals surface area contributed by atoms with Crippen LogP contribution in [-0.2, 0) is 0 Å². The summed E-state index contributed by atoms with van der Waals surface area (Å²) in [6, 6.07) is 12.0. The molecule has 0 spiro atoms. The second-order valence-corrected chi connectivity index (χ2v) is 6.04. The van der Waals surface area contributed by atoms with Gasteiger partial charge in [-0.25, -0.2) is 9.97 Å². The minimum Gasteiger partial charge on any atom is -0.363 e. The molecular weight excluding hydrogens is 300 g/mol. The van der Waals surface area contributed by atoms with E-state index < -0.39 is 0 Å². The van der Waals surface area contributed by atoms with E-state index in [1.54, 1.807) is 17.9 Å². The average Bonchev–Trinajstić information content (AvgIpc) is 2.59. The Morgan fingerprint density at radius 3 is 2.62 bits per heavy atom. The standard InChI is InChI=1S/C19H26N4O/c1-5-6-12-23(4)19(24)17-13-18(22-15(3)21-17)20-14(2)16-10-8-7-9-11-16/h7-11,13-14H,5-6,12H2,1-4H3,(H,20,21,22). The molecule has 0 aliphatic heterocycles. The third kappa shape index (κ3) is 4.78. The fraction of sp³-hybridized carbons (Fsp3) is 0.421. The van der Waals surface area contributed by atoms with Gasteiger partial charge >= 0.3 is 0 Å². The summed E-state index contributed by atoms with van der Waals surface area (Å²) in [6.45, 7) is 6.73. The van der Waals surface area contributed by atoms with Crippen LogP contribution in [0.25, 0.3) is 0 Å². The number of aromatic nitrogens is 2. The van der Waals surface area contributed by atoms with Crippen LogP contribution in [0, 0.1) is 6.92 Å². The molecule has 1 heterocycles. The molecule has 2 aromatic rings. The molecule has 0 radical (unpaired) electrons. The molecule has 24 heavy (non-hydrogen) atoms. The molecule has 5 nitrogen and oxygen atoms in total. The van der Waals surface area contributed by atoms with Gasteiger partial charge in [0.2, 0.25) is 0 Å². The lowest BCUT2D eigenvalue weighted by Gasteiger charge is -2.18. The number of aryl methyl sites for hydroxylation is 1. The van der Waals surface area contributed by atoms with Crippen molar-refractivity contribution in [2.75, 3.05) is 18.9 Å². The molecule has 0 bridgehead atoms. The summed E-state index contributed by atoms with van der Waals surface area (Å²) in [5.74, 6) is 1.20. The van der Waals surface area contributed by atoms with E-state index in [1.165, 1.54) is 5.56 Å². The van der Waals surface area contributed by atoms with Crippen LogP contribution < -0.4 is 5.32 Å². The van der Waals surface area contributed by atoms with Crippen LogP contribution in [0.3, 0.4) is 0 Å². The number of carbonyl (C=O) groups excluding carboxylic acids is 1. The predicted molar refractivity (Wildman–Crippen MR) is 97.1 cm³/mol. The van der Waals surface area contributed by atoms with Crippen LogP contribution in [0.1, 0.15) is 54.6 Å². The van der Waals surface area contributed by atoms with Gasteiger partial charge in [-0.2, -0.15) is 0 Å². The second-order valence-electron chi connectivity index (χ2n) is 6.04. The molecule has 1 aromatic carbocycles. The third-order valence-electron chi connectivity index (χ3n) is 3.91. The zero-order valence-electron chi connectivity index (χ0n) is 14.9. The molecule has 1 atom stereocenters. The number of carbonyl (C=O) groups is 1. The van der Waals surface area contributed by atoms with Gasteiger partial charge < -0.3 is 10.2 Å². The van der Waals surface area contributed by atoms with Crippen LogP contribution in [0.2, 0.25) is 0 Å². The van der Waals surface area contributed by atoms with Crippen molar-refractivity contribution in [3.05, 3.63) is 53.5 Å². The van der Waals surface area contributed by atoms with Gasteiger partial charge in [0.1, 0.15) is 17.3 Å². The number of unbranched alkanes of at least 4 members (excludes halogenated alkanes) is 1. The second kappa shape index (κ2) is 8.43. The lowest BCUT2D eigenvalue weighted by atomic mass is 10.1. The van der Waals surface area contributed by atoms with Crippen molar-refractivity contribution in [2.24, 2.45) is 0 Å². The number of benzene rings is 1. The highest BCUT2D eigenvalue weighted by Crippen LogP contribution is 2.18. The number of hydrogen-bond donors (Lipinski definition) is 1. The molecule has 0 fully saturated rings. The molecule has 1 N–H and O–H groups in total. The summed E-state index contributed by atoms with van der Waals surface area (Å²) < 4.78 is 0. The fourth-order valence-corrected chi connectivity index (χ4v) is 2.49. The summed E-state index contributed by atoms with van der Waals surface area (Å²) in [4.78, 5) is 22.9. The van der Waals surface area contributed by atoms with E-state index >= 15 is 0 Å². The summed E-state index contributed by atoms with van der Waals surface area (Å²) in [5, 5.41) is 3.35. The Morgan fingerprint density at radius 1 is 1.25 bits per heavy atom. The molecule has 0 aliphatic carbocycles. The Kier molecular flexibility index (Phi) is 6.29. The summed E-state index contributed by atoms with van der Waals surface area (Å²) in [7, 11) is 1.81. The molecule has 5 heteroatoms. The minimum atomic E-state index is -0.0654. The highest BCUT2D eigenvalue weighted by Gasteiger charge is 2.15. The van der Waals surface area contributed by atoms with Crippen molar-refractivity contribution < 1.29 is 4.79 Å². The van der Waals surface area contributed by atoms with Crippen LogP contribution in [0.4, 0.5) is 5.82 Å². The first-order valence-electron chi connectivity index (χ1n) is 8.44. The Labute approximate surface area is 144 Å². The molecular formula is C19H26N4O. The van der Waals surface area contributed by atoms with Gasteiger partial charge in [0.25, 0.3) is 5.91 Å². The summed E-state index contributed by atoms with van der Waals surface area (Å²) >= 11 is 0. The van der Waals surface area contributed by atoms with Crippen LogP contribution >= 0.6 is 0 Å². The van der Waals surface area contributed by atoms with E-state index in [0.717, 1.165) is 19.4 Å². The van der Waals surface area contributed by atoms with Crippen molar-refractivity contribution in [3.8, 4) is 0 Å². The first kappa shape index (κ1) is 17.9. The maximum absolute atomic E-state index is 12.5. The summed E-state index contributed by atoms with van der Waals surface area (Å²) in [5.41, 5.74) is 1.60. The van der Waals surface area contributed by atoms with E-state index in [1.807, 2.05) is 25.2 Å². The van der Waals surface area contributed by atoms with Crippen LogP contribution in [0.5, 0.6) is 0 Å². The quantitative estimate of drug-likeness (QED) is 0.840. The average molecular weight is 326 g/mol. The molecule has 1 aromatic heterocycles. The molecule has 0 aliphatic rings. The molecule has 128 valence electrons. The highest BCUT2D eigenvalue weighted by atomic mass is 16.2. The summed E-state index contributed by atoms with van der Waals surface area (Å²) in [6.07, 6.45) is 2.05. The van der Waals surface area contributed by atoms with Gasteiger partial charge in [-0.1, -0.05) is 43.7 Å². The Balaban J connectivity index is 2.15. The minimum absolute atomic E-state index is 0.0654. The zero-order chi connectivity index (χ0) is 17.5. The van der Waals surface area contributed by atoms with Crippen LogP contribution in [0.15, 0.2) is 36.4 Å². The number of nitrogens with zero attached hydrogens (tertiary/aromatic N) is 3. The molecule has 0 saturated heterocycles. The fourth-order valence-electron chi connectivity index (χ4n) is 2.49. The van der Waals surface area contributed by atoms with E-state index in [4.69, 9.17) is 0 Å². The zero-order valence-corrected chi connectivity index (χ0v) is 14.9. The maximum atomic E-state index is 12.5. The van der Waals surface area contributed by atoms with Crippen molar-refractivity contribution >= 4 is 11.7 Å². The van der Waals surface area contributed by atoms with Gasteiger partial charge in [0, 0.05) is 25.7 Å². The van der Waals surface area contributed by atoms with Gasteiger partial charge in [-0.15, -0.1) is 0 Å². The van der Waals surface area contributed by atoms with Crippen molar-refractivity contribution in [1.29, 1.82) is 0 Å². The third-order valence-corrected chi connectivity index (χ3v) is 3.91. The predicted octanol–water partition coefficient (Wildman–Crippen LogP) is 3.83. The monoisotopic (exact) mass is 326 g/mol. The number of amides is 1. The molecule has 1 unspecified atom stereocenters. The lowest BCUT2D eigenvalue weighted by Crippen LogP contribution is -2.29. The molecule has 1 amide bonds. The van der Waals surface area contributed by atoms with Crippen LogP contribution in [-0.4, -0.2) is 34.4 Å². The normalized spacial score (nSPS) is 11.8. The maximum Gasteiger partial charge on any atom is 0.272 e. The highest BCUT2D eigenvalue weighted by molar-refractivity contribution is 5.92. The number of hydrogen-bond acceptors (Lipinski definition) is 4. The first-order chi connectivity index (χ1) is 11.5. The lowest BCUT2D eigenvalue weighted by molar-refractivity contribution is 0.0787. The topological polar surface area (TPSA) is 58.1 Å². The van der Waals surface area contributed by atoms with Crippen molar-refractivity contribution in [1.82, 2.24) is 14.9 Å². The molecule has 0 saturated carbocycles. The first-order valence-corrected chi connectivity index (χ1v) is 8.44. The van der Waals surface area contributed by atoms with Gasteiger partial charge in [-0.3, -0.25) is 4.79 Å². The van der Waals surface area contributed by atoms with E-state index in [-0.39, 0.29) is 11.9 Å². The number of rotatable bonds is 7. The van der Waals surface area contributed by atoms with Crippen molar-refractivity contribution in [2.45, 2.75) is 39.7 Å². The number of anilines is 1. The SMILES string of the molecule is CCCCN(C)C(=O)c1cc(NC(C)c2ccccc2)nc(C)n1. The Bertz CT molecular complexity index is 672. The molecule has 2 rings (SSSR count). The number of nitrogens with one attached hydrogen (secondary N) is 1. The van der Waals surface area contributed by atoms with E-state index in [0.29, 0.717) is 17.3 Å². The smallest absolute Gasteiger partial charge is 0.272 e. The Hall–Kier alpha value is -2.43. The largest absolute Gasteiger partial charge is 0.363 e. The van der Waals surface area contributed by atoms with E-state index in [9.17, 15) is 4.79 Å². The van der Waals surface area contributed by atoms with Gasteiger partial charge in [0.15, 0.2) is 0 Å². The van der Waals surface area contributed by atoms with Crippen molar-refractivity contribution in [3.63, 3.8) is 0 Å². The van der Waals surface area contributed by atoms with Gasteiger partial charge in [-0.05, 0) is 25.8 Å². The Morgan fingerprint density at radius 2 is 1.96 bits per heavy atom.